The van der Waals surface area contributed by atoms with Gasteiger partial charge in [-0.05, 0) is 12.6 Å². The molecule has 0 fully saturated rings. The molecular formula is C10H13BrN2O3. The van der Waals surface area contributed by atoms with Crippen molar-refractivity contribution >= 4 is 21.6 Å². The normalized spacial score (nSPS) is 10.1. The van der Waals surface area contributed by atoms with Crippen LogP contribution in [0.2, 0.25) is 0 Å². The Morgan fingerprint density at radius 3 is 2.94 bits per heavy atom. The standard InChI is InChI=1S/C10H13BrN2O3/c1-2-12-5-6-16-10-7-8(11)3-4-9(10)13(14)15/h3-4,7,12H,2,5-6H2,1H3. The van der Waals surface area contributed by atoms with Gasteiger partial charge in [-0.25, -0.2) is 0 Å². The van der Waals surface area contributed by atoms with E-state index in [1.54, 1.807) is 12.1 Å². The molecule has 0 heterocycles. The minimum Gasteiger partial charge on any atom is -0.485 e. The number of rotatable bonds is 6. The summed E-state index contributed by atoms with van der Waals surface area (Å²) in [5.41, 5.74) is -0.0142. The largest absolute Gasteiger partial charge is 0.485 e. The van der Waals surface area contributed by atoms with Crippen LogP contribution in [0.25, 0.3) is 0 Å². The Hall–Kier alpha value is -1.14. The molecule has 6 heteroatoms. The number of nitro groups is 1. The van der Waals surface area contributed by atoms with Crippen molar-refractivity contribution in [1.29, 1.82) is 0 Å². The van der Waals surface area contributed by atoms with Gasteiger partial charge < -0.3 is 10.1 Å². The molecule has 0 unspecified atom stereocenters. The van der Waals surface area contributed by atoms with E-state index in [-0.39, 0.29) is 11.4 Å². The lowest BCUT2D eigenvalue weighted by Crippen LogP contribution is -2.20. The molecule has 1 aromatic rings. The summed E-state index contributed by atoms with van der Waals surface area (Å²) in [5, 5.41) is 13.8. The summed E-state index contributed by atoms with van der Waals surface area (Å²) >= 11 is 3.25. The molecule has 0 aliphatic heterocycles. The zero-order valence-electron chi connectivity index (χ0n) is 8.90. The summed E-state index contributed by atoms with van der Waals surface area (Å²) in [6, 6.07) is 4.64. The minimum atomic E-state index is -0.449. The first-order valence-electron chi connectivity index (χ1n) is 4.92. The van der Waals surface area contributed by atoms with Crippen molar-refractivity contribution in [3.63, 3.8) is 0 Å². The van der Waals surface area contributed by atoms with Gasteiger partial charge in [0, 0.05) is 23.2 Å². The van der Waals surface area contributed by atoms with E-state index in [1.807, 2.05) is 6.92 Å². The van der Waals surface area contributed by atoms with Gasteiger partial charge in [0.15, 0.2) is 5.75 Å². The molecule has 0 bridgehead atoms. The molecule has 0 amide bonds. The average Bonchev–Trinajstić information content (AvgIpc) is 2.24. The number of hydrogen-bond acceptors (Lipinski definition) is 4. The van der Waals surface area contributed by atoms with Crippen molar-refractivity contribution in [3.8, 4) is 5.75 Å². The number of likely N-dealkylation sites (N-methyl/N-ethyl adjacent to an activating group) is 1. The molecule has 16 heavy (non-hydrogen) atoms. The van der Waals surface area contributed by atoms with Gasteiger partial charge in [0.1, 0.15) is 6.61 Å². The first kappa shape index (κ1) is 12.9. The van der Waals surface area contributed by atoms with Gasteiger partial charge >= 0.3 is 5.69 Å². The van der Waals surface area contributed by atoms with E-state index in [1.165, 1.54) is 6.07 Å². The van der Waals surface area contributed by atoms with Crippen LogP contribution in [-0.2, 0) is 0 Å². The quantitative estimate of drug-likeness (QED) is 0.496. The topological polar surface area (TPSA) is 64.4 Å². The molecule has 0 aromatic heterocycles. The molecule has 0 atom stereocenters. The van der Waals surface area contributed by atoms with Crippen molar-refractivity contribution < 1.29 is 9.66 Å². The molecule has 1 N–H and O–H groups in total. The maximum absolute atomic E-state index is 10.7. The van der Waals surface area contributed by atoms with E-state index in [4.69, 9.17) is 4.74 Å². The number of halogens is 1. The van der Waals surface area contributed by atoms with Crippen LogP contribution in [0.5, 0.6) is 5.75 Å². The fraction of sp³-hybridized carbons (Fsp3) is 0.400. The van der Waals surface area contributed by atoms with Gasteiger partial charge in [-0.2, -0.15) is 0 Å². The molecule has 5 nitrogen and oxygen atoms in total. The fourth-order valence-corrected chi connectivity index (χ4v) is 1.50. The lowest BCUT2D eigenvalue weighted by molar-refractivity contribution is -0.385. The number of nitrogens with one attached hydrogen (secondary N) is 1. The van der Waals surface area contributed by atoms with E-state index < -0.39 is 4.92 Å². The van der Waals surface area contributed by atoms with Crippen LogP contribution < -0.4 is 10.1 Å². The third-order valence-electron chi connectivity index (χ3n) is 1.90. The Balaban J connectivity index is 2.68. The third kappa shape index (κ3) is 3.79. The van der Waals surface area contributed by atoms with Crippen LogP contribution in [0.15, 0.2) is 22.7 Å². The van der Waals surface area contributed by atoms with Crippen LogP contribution in [-0.4, -0.2) is 24.6 Å². The smallest absolute Gasteiger partial charge is 0.310 e. The van der Waals surface area contributed by atoms with E-state index in [0.717, 1.165) is 11.0 Å². The molecule has 0 radical (unpaired) electrons. The summed E-state index contributed by atoms with van der Waals surface area (Å²) in [7, 11) is 0. The van der Waals surface area contributed by atoms with Gasteiger partial charge in [-0.1, -0.05) is 22.9 Å². The minimum absolute atomic E-state index is 0.0142. The van der Waals surface area contributed by atoms with E-state index in [2.05, 4.69) is 21.2 Å². The Morgan fingerprint density at radius 1 is 1.56 bits per heavy atom. The Morgan fingerprint density at radius 2 is 2.31 bits per heavy atom. The molecule has 1 aromatic carbocycles. The number of ether oxygens (including phenoxy) is 1. The molecule has 1 rings (SSSR count). The summed E-state index contributed by atoms with van der Waals surface area (Å²) in [5.74, 6) is 0.289. The predicted octanol–water partition coefficient (Wildman–Crippen LogP) is 2.35. The van der Waals surface area contributed by atoms with Crippen LogP contribution in [0.3, 0.4) is 0 Å². The molecule has 0 aliphatic carbocycles. The van der Waals surface area contributed by atoms with Crippen LogP contribution in [0.1, 0.15) is 6.92 Å². The van der Waals surface area contributed by atoms with Crippen molar-refractivity contribution in [3.05, 3.63) is 32.8 Å². The SMILES string of the molecule is CCNCCOc1cc(Br)ccc1[N+](=O)[O-]. The van der Waals surface area contributed by atoms with Gasteiger partial charge in [0.05, 0.1) is 4.92 Å². The number of benzene rings is 1. The van der Waals surface area contributed by atoms with Crippen LogP contribution in [0.4, 0.5) is 5.69 Å². The molecule has 0 aliphatic rings. The second-order valence-corrected chi connectivity index (χ2v) is 3.99. The Labute approximate surface area is 102 Å². The van der Waals surface area contributed by atoms with Gasteiger partial charge in [-0.15, -0.1) is 0 Å². The van der Waals surface area contributed by atoms with Gasteiger partial charge in [0.25, 0.3) is 0 Å². The van der Waals surface area contributed by atoms with Crippen molar-refractivity contribution in [1.82, 2.24) is 5.32 Å². The zero-order valence-corrected chi connectivity index (χ0v) is 10.5. The summed E-state index contributed by atoms with van der Waals surface area (Å²) in [4.78, 5) is 10.3. The average molecular weight is 289 g/mol. The highest BCUT2D eigenvalue weighted by Crippen LogP contribution is 2.29. The maximum Gasteiger partial charge on any atom is 0.310 e. The maximum atomic E-state index is 10.7. The molecule has 0 spiro atoms. The van der Waals surface area contributed by atoms with Crippen LogP contribution >= 0.6 is 15.9 Å². The van der Waals surface area contributed by atoms with Crippen molar-refractivity contribution in [2.24, 2.45) is 0 Å². The Bertz CT molecular complexity index is 371. The highest BCUT2D eigenvalue weighted by Gasteiger charge is 2.14. The lowest BCUT2D eigenvalue weighted by atomic mass is 10.3. The third-order valence-corrected chi connectivity index (χ3v) is 2.40. The molecule has 0 saturated carbocycles. The van der Waals surface area contributed by atoms with Crippen LogP contribution in [0, 0.1) is 10.1 Å². The number of nitro benzene ring substituents is 1. The highest BCUT2D eigenvalue weighted by molar-refractivity contribution is 9.10. The number of nitrogens with zero attached hydrogens (tertiary/aromatic N) is 1. The summed E-state index contributed by atoms with van der Waals surface area (Å²) < 4.78 is 6.11. The van der Waals surface area contributed by atoms with E-state index in [0.29, 0.717) is 13.2 Å². The first-order valence-corrected chi connectivity index (χ1v) is 5.72. The molecular weight excluding hydrogens is 276 g/mol. The predicted molar refractivity (Wildman–Crippen MR) is 64.8 cm³/mol. The highest BCUT2D eigenvalue weighted by atomic mass is 79.9. The summed E-state index contributed by atoms with van der Waals surface area (Å²) in [6.07, 6.45) is 0. The molecule has 88 valence electrons. The lowest BCUT2D eigenvalue weighted by Gasteiger charge is -2.07. The monoisotopic (exact) mass is 288 g/mol. The second kappa shape index (κ2) is 6.44. The van der Waals surface area contributed by atoms with Gasteiger partial charge in [0.2, 0.25) is 0 Å². The van der Waals surface area contributed by atoms with Crippen molar-refractivity contribution in [2.45, 2.75) is 6.92 Å². The van der Waals surface area contributed by atoms with E-state index >= 15 is 0 Å². The summed E-state index contributed by atoms with van der Waals surface area (Å²) in [6.45, 7) is 3.91. The van der Waals surface area contributed by atoms with Crippen molar-refractivity contribution in [2.75, 3.05) is 19.7 Å². The number of hydrogen-bond donors (Lipinski definition) is 1. The zero-order chi connectivity index (χ0) is 12.0. The van der Waals surface area contributed by atoms with Gasteiger partial charge in [-0.3, -0.25) is 10.1 Å². The Kier molecular flexibility index (Phi) is 5.21. The fourth-order valence-electron chi connectivity index (χ4n) is 1.16. The second-order valence-electron chi connectivity index (χ2n) is 3.07. The molecule has 0 saturated heterocycles. The van der Waals surface area contributed by atoms with E-state index in [9.17, 15) is 10.1 Å². The first-order chi connectivity index (χ1) is 7.65.